The smallest absolute Gasteiger partial charge is 0.252 e. The van der Waals surface area contributed by atoms with Gasteiger partial charge < -0.3 is 10.1 Å². The van der Waals surface area contributed by atoms with E-state index in [0.29, 0.717) is 35.3 Å². The van der Waals surface area contributed by atoms with Crippen molar-refractivity contribution in [3.63, 3.8) is 0 Å². The van der Waals surface area contributed by atoms with Crippen LogP contribution in [0.4, 0.5) is 0 Å². The number of aromatic nitrogens is 1. The second kappa shape index (κ2) is 4.86. The van der Waals surface area contributed by atoms with Crippen molar-refractivity contribution in [1.29, 1.82) is 0 Å². The van der Waals surface area contributed by atoms with Crippen LogP contribution in [0.3, 0.4) is 0 Å². The molecule has 1 aromatic heterocycles. The first-order chi connectivity index (χ1) is 8.74. The van der Waals surface area contributed by atoms with E-state index in [4.69, 9.17) is 16.3 Å². The number of fused-ring (bicyclic) bond motifs is 2. The number of ether oxygens (including phenoxy) is 1. The number of halogens is 1. The van der Waals surface area contributed by atoms with Gasteiger partial charge in [-0.2, -0.15) is 0 Å². The van der Waals surface area contributed by atoms with Crippen LogP contribution >= 0.6 is 11.6 Å². The summed E-state index contributed by atoms with van der Waals surface area (Å²) in [5.74, 6) is 0.318. The Hall–Kier alpha value is -1.13. The summed E-state index contributed by atoms with van der Waals surface area (Å²) in [6.45, 7) is 0.665. The van der Waals surface area contributed by atoms with E-state index in [2.05, 4.69) is 10.3 Å². The van der Waals surface area contributed by atoms with Crippen LogP contribution in [0.15, 0.2) is 18.5 Å². The maximum Gasteiger partial charge on any atom is 0.252 e. The zero-order valence-electron chi connectivity index (χ0n) is 9.93. The maximum absolute atomic E-state index is 12.0. The average molecular weight is 267 g/mol. The molecule has 2 aliphatic heterocycles. The zero-order valence-corrected chi connectivity index (χ0v) is 10.7. The first-order valence-corrected chi connectivity index (χ1v) is 6.65. The van der Waals surface area contributed by atoms with Crippen molar-refractivity contribution in [2.24, 2.45) is 5.92 Å². The topological polar surface area (TPSA) is 51.2 Å². The lowest BCUT2D eigenvalue weighted by atomic mass is 9.89. The normalized spacial score (nSPS) is 29.5. The predicted octanol–water partition coefficient (Wildman–Crippen LogP) is 2.03. The molecule has 0 aromatic carbocycles. The number of rotatable bonds is 3. The Labute approximate surface area is 111 Å². The molecule has 96 valence electrons. The van der Waals surface area contributed by atoms with Gasteiger partial charge in [0.25, 0.3) is 5.91 Å². The minimum Gasteiger partial charge on any atom is -0.375 e. The Balaban J connectivity index is 1.57. The van der Waals surface area contributed by atoms with E-state index in [1.54, 1.807) is 12.3 Å². The second-order valence-corrected chi connectivity index (χ2v) is 5.34. The van der Waals surface area contributed by atoms with Crippen molar-refractivity contribution in [2.45, 2.75) is 31.5 Å². The van der Waals surface area contributed by atoms with Crippen LogP contribution in [-0.2, 0) is 4.74 Å². The van der Waals surface area contributed by atoms with Gasteiger partial charge >= 0.3 is 0 Å². The molecule has 18 heavy (non-hydrogen) atoms. The third-order valence-electron chi connectivity index (χ3n) is 3.77. The Morgan fingerprint density at radius 2 is 2.44 bits per heavy atom. The van der Waals surface area contributed by atoms with Crippen LogP contribution in [0, 0.1) is 5.92 Å². The monoisotopic (exact) mass is 266 g/mol. The fourth-order valence-electron chi connectivity index (χ4n) is 2.84. The Morgan fingerprint density at radius 1 is 1.56 bits per heavy atom. The van der Waals surface area contributed by atoms with Gasteiger partial charge in [-0.1, -0.05) is 11.6 Å². The molecule has 0 spiro atoms. The Morgan fingerprint density at radius 3 is 3.11 bits per heavy atom. The molecule has 3 atom stereocenters. The molecule has 0 aliphatic carbocycles. The highest BCUT2D eigenvalue weighted by molar-refractivity contribution is 6.33. The van der Waals surface area contributed by atoms with Gasteiger partial charge in [-0.25, -0.2) is 0 Å². The number of hydrogen-bond acceptors (Lipinski definition) is 3. The molecule has 0 saturated carbocycles. The quantitative estimate of drug-likeness (QED) is 0.911. The average Bonchev–Trinajstić information content (AvgIpc) is 2.98. The molecular weight excluding hydrogens is 252 g/mol. The molecule has 2 saturated heterocycles. The number of carbonyl (C=O) groups excluding carboxylic acids is 1. The number of hydrogen-bond donors (Lipinski definition) is 1. The van der Waals surface area contributed by atoms with Crippen molar-refractivity contribution >= 4 is 17.5 Å². The highest BCUT2D eigenvalue weighted by Crippen LogP contribution is 2.38. The molecule has 2 fully saturated rings. The van der Waals surface area contributed by atoms with Crippen molar-refractivity contribution in [2.75, 3.05) is 6.54 Å². The van der Waals surface area contributed by atoms with Crippen molar-refractivity contribution in [1.82, 2.24) is 10.3 Å². The summed E-state index contributed by atoms with van der Waals surface area (Å²) in [7, 11) is 0. The summed E-state index contributed by atoms with van der Waals surface area (Å²) in [4.78, 5) is 15.8. The van der Waals surface area contributed by atoms with Crippen molar-refractivity contribution < 1.29 is 9.53 Å². The lowest BCUT2D eigenvalue weighted by Gasteiger charge is -2.18. The van der Waals surface area contributed by atoms with Gasteiger partial charge in [0, 0.05) is 24.9 Å². The van der Waals surface area contributed by atoms with Crippen molar-refractivity contribution in [3.05, 3.63) is 29.0 Å². The fraction of sp³-hybridized carbons (Fsp3) is 0.538. The van der Waals surface area contributed by atoms with Gasteiger partial charge in [0.1, 0.15) is 0 Å². The molecule has 2 bridgehead atoms. The third kappa shape index (κ3) is 2.22. The molecule has 1 amide bonds. The first kappa shape index (κ1) is 11.9. The molecule has 3 rings (SSSR count). The molecule has 0 radical (unpaired) electrons. The first-order valence-electron chi connectivity index (χ1n) is 6.27. The van der Waals surface area contributed by atoms with Gasteiger partial charge in [0.15, 0.2) is 0 Å². The van der Waals surface area contributed by atoms with Crippen LogP contribution in [0.5, 0.6) is 0 Å². The molecular formula is C13H15ClN2O2. The third-order valence-corrected chi connectivity index (χ3v) is 4.07. The highest BCUT2D eigenvalue weighted by Gasteiger charge is 2.40. The van der Waals surface area contributed by atoms with Crippen LogP contribution in [0.1, 0.15) is 29.6 Å². The van der Waals surface area contributed by atoms with Gasteiger partial charge in [-0.15, -0.1) is 0 Å². The van der Waals surface area contributed by atoms with Gasteiger partial charge in [-0.05, 0) is 25.3 Å². The molecule has 3 heterocycles. The summed E-state index contributed by atoms with van der Waals surface area (Å²) in [5.41, 5.74) is 0.482. The van der Waals surface area contributed by atoms with Crippen LogP contribution in [0.2, 0.25) is 5.02 Å². The highest BCUT2D eigenvalue weighted by atomic mass is 35.5. The molecule has 3 unspecified atom stereocenters. The van der Waals surface area contributed by atoms with E-state index in [-0.39, 0.29) is 5.91 Å². The molecule has 1 N–H and O–H groups in total. The molecule has 4 nitrogen and oxygen atoms in total. The van der Waals surface area contributed by atoms with Gasteiger partial charge in [0.2, 0.25) is 0 Å². The van der Waals surface area contributed by atoms with Crippen LogP contribution in [-0.4, -0.2) is 29.6 Å². The van der Waals surface area contributed by atoms with Gasteiger partial charge in [-0.3, -0.25) is 9.78 Å². The summed E-state index contributed by atoms with van der Waals surface area (Å²) in [6.07, 6.45) is 7.17. The van der Waals surface area contributed by atoms with E-state index in [1.165, 1.54) is 12.6 Å². The molecule has 5 heteroatoms. The second-order valence-electron chi connectivity index (χ2n) is 4.94. The minimum atomic E-state index is -0.134. The van der Waals surface area contributed by atoms with Crippen LogP contribution < -0.4 is 5.32 Å². The summed E-state index contributed by atoms with van der Waals surface area (Å²) in [6, 6.07) is 1.63. The van der Waals surface area contributed by atoms with E-state index in [0.717, 1.165) is 12.8 Å². The number of amides is 1. The Kier molecular flexibility index (Phi) is 3.22. The number of nitrogens with one attached hydrogen (secondary N) is 1. The summed E-state index contributed by atoms with van der Waals surface area (Å²) >= 11 is 5.93. The lowest BCUT2D eigenvalue weighted by molar-refractivity contribution is 0.0873. The van der Waals surface area contributed by atoms with Gasteiger partial charge in [0.05, 0.1) is 22.8 Å². The molecule has 1 aromatic rings. The Bertz CT molecular complexity index is 466. The van der Waals surface area contributed by atoms with E-state index in [1.807, 2.05) is 0 Å². The number of pyridine rings is 1. The zero-order chi connectivity index (χ0) is 12.5. The lowest BCUT2D eigenvalue weighted by Crippen LogP contribution is -2.33. The van der Waals surface area contributed by atoms with Crippen molar-refractivity contribution in [3.8, 4) is 0 Å². The summed E-state index contributed by atoms with van der Waals surface area (Å²) < 4.78 is 5.76. The largest absolute Gasteiger partial charge is 0.375 e. The fourth-order valence-corrected chi connectivity index (χ4v) is 3.04. The standard InChI is InChI=1S/C13H15ClN2O2/c14-11-7-15-4-3-10(11)13(17)16-6-8-5-9-1-2-12(8)18-9/h3-4,7-9,12H,1-2,5-6H2,(H,16,17). The minimum absolute atomic E-state index is 0.134. The van der Waals surface area contributed by atoms with Crippen LogP contribution in [0.25, 0.3) is 0 Å². The van der Waals surface area contributed by atoms with E-state index in [9.17, 15) is 4.79 Å². The predicted molar refractivity (Wildman–Crippen MR) is 67.6 cm³/mol. The molecule has 2 aliphatic rings. The van der Waals surface area contributed by atoms with E-state index >= 15 is 0 Å². The summed E-state index contributed by atoms with van der Waals surface area (Å²) in [5, 5.41) is 3.32. The number of carbonyl (C=O) groups is 1. The SMILES string of the molecule is O=C(NCC1CC2CCC1O2)c1ccncc1Cl. The number of nitrogens with zero attached hydrogens (tertiary/aromatic N) is 1. The van der Waals surface area contributed by atoms with E-state index < -0.39 is 0 Å². The maximum atomic E-state index is 12.0.